The standard InChI is InChI=1S/C15H19ClN4O/c1-20-9-18-13(19-20)8-17-11-5-3-4-10-6-7-12(21-2)15(16)14(10)11/h6-7,9,11,17H,3-5,8H2,1-2H3. The van der Waals surface area contributed by atoms with E-state index in [-0.39, 0.29) is 6.04 Å². The van der Waals surface area contributed by atoms with Crippen LogP contribution in [-0.2, 0) is 20.0 Å². The molecule has 0 saturated heterocycles. The number of benzene rings is 1. The average molecular weight is 307 g/mol. The molecule has 112 valence electrons. The van der Waals surface area contributed by atoms with E-state index in [1.807, 2.05) is 13.1 Å². The summed E-state index contributed by atoms with van der Waals surface area (Å²) in [6, 6.07) is 4.29. The van der Waals surface area contributed by atoms with Gasteiger partial charge in [0.05, 0.1) is 18.7 Å². The van der Waals surface area contributed by atoms with Gasteiger partial charge in [0.1, 0.15) is 12.1 Å². The van der Waals surface area contributed by atoms with Gasteiger partial charge >= 0.3 is 0 Å². The summed E-state index contributed by atoms with van der Waals surface area (Å²) in [6.07, 6.45) is 5.00. The molecule has 1 heterocycles. The van der Waals surface area contributed by atoms with Crippen molar-refractivity contribution in [3.63, 3.8) is 0 Å². The molecule has 21 heavy (non-hydrogen) atoms. The second kappa shape index (κ2) is 6.03. The third kappa shape index (κ3) is 2.89. The van der Waals surface area contributed by atoms with Gasteiger partial charge in [0.25, 0.3) is 0 Å². The number of aryl methyl sites for hydroxylation is 2. The highest BCUT2D eigenvalue weighted by Crippen LogP contribution is 2.39. The zero-order valence-electron chi connectivity index (χ0n) is 12.3. The van der Waals surface area contributed by atoms with E-state index in [4.69, 9.17) is 16.3 Å². The largest absolute Gasteiger partial charge is 0.495 e. The molecule has 3 rings (SSSR count). The Hall–Kier alpha value is -1.59. The molecule has 0 aliphatic heterocycles. The maximum absolute atomic E-state index is 6.51. The van der Waals surface area contributed by atoms with Gasteiger partial charge in [-0.3, -0.25) is 4.68 Å². The molecule has 6 heteroatoms. The Morgan fingerprint density at radius 3 is 3.05 bits per heavy atom. The van der Waals surface area contributed by atoms with Crippen LogP contribution in [0.5, 0.6) is 5.75 Å². The summed E-state index contributed by atoms with van der Waals surface area (Å²) >= 11 is 6.51. The number of methoxy groups -OCH3 is 1. The Kier molecular flexibility index (Phi) is 4.12. The molecular formula is C15H19ClN4O. The van der Waals surface area contributed by atoms with E-state index >= 15 is 0 Å². The van der Waals surface area contributed by atoms with Gasteiger partial charge in [-0.1, -0.05) is 17.7 Å². The lowest BCUT2D eigenvalue weighted by atomic mass is 9.87. The molecule has 1 aliphatic rings. The van der Waals surface area contributed by atoms with Crippen molar-refractivity contribution in [2.75, 3.05) is 7.11 Å². The van der Waals surface area contributed by atoms with Crippen LogP contribution in [0, 0.1) is 0 Å². The van der Waals surface area contributed by atoms with Crippen molar-refractivity contribution in [1.29, 1.82) is 0 Å². The third-order valence-electron chi connectivity index (χ3n) is 3.90. The van der Waals surface area contributed by atoms with Crippen LogP contribution < -0.4 is 10.1 Å². The molecule has 1 unspecified atom stereocenters. The second-order valence-corrected chi connectivity index (χ2v) is 5.69. The van der Waals surface area contributed by atoms with Gasteiger partial charge in [0.2, 0.25) is 0 Å². The fraction of sp³-hybridized carbons (Fsp3) is 0.467. The molecule has 1 aromatic carbocycles. The van der Waals surface area contributed by atoms with Crippen LogP contribution in [0.15, 0.2) is 18.5 Å². The van der Waals surface area contributed by atoms with Crippen molar-refractivity contribution in [1.82, 2.24) is 20.1 Å². The van der Waals surface area contributed by atoms with Crippen LogP contribution in [0.4, 0.5) is 0 Å². The Labute approximate surface area is 129 Å². The number of hydrogen-bond donors (Lipinski definition) is 1. The quantitative estimate of drug-likeness (QED) is 0.943. The van der Waals surface area contributed by atoms with Gasteiger partial charge in [-0.15, -0.1) is 0 Å². The SMILES string of the molecule is COc1ccc2c(c1Cl)C(NCc1ncn(C)n1)CCC2. The van der Waals surface area contributed by atoms with Crippen molar-refractivity contribution in [3.05, 3.63) is 40.4 Å². The van der Waals surface area contributed by atoms with Gasteiger partial charge in [-0.05, 0) is 36.5 Å². The van der Waals surface area contributed by atoms with E-state index in [1.54, 1.807) is 18.1 Å². The van der Waals surface area contributed by atoms with Crippen molar-refractivity contribution in [3.8, 4) is 5.75 Å². The lowest BCUT2D eigenvalue weighted by molar-refractivity contribution is 0.408. The number of halogens is 1. The summed E-state index contributed by atoms with van der Waals surface area (Å²) in [5.74, 6) is 1.53. The monoisotopic (exact) mass is 306 g/mol. The van der Waals surface area contributed by atoms with Crippen LogP contribution in [-0.4, -0.2) is 21.9 Å². The maximum Gasteiger partial charge on any atom is 0.164 e. The zero-order valence-corrected chi connectivity index (χ0v) is 13.0. The van der Waals surface area contributed by atoms with E-state index in [9.17, 15) is 0 Å². The van der Waals surface area contributed by atoms with Crippen LogP contribution in [0.2, 0.25) is 5.02 Å². The first kappa shape index (κ1) is 14.4. The number of rotatable bonds is 4. The van der Waals surface area contributed by atoms with E-state index in [1.165, 1.54) is 5.56 Å². The molecule has 0 radical (unpaired) electrons. The fourth-order valence-corrected chi connectivity index (χ4v) is 3.28. The van der Waals surface area contributed by atoms with Crippen LogP contribution in [0.1, 0.15) is 35.8 Å². The lowest BCUT2D eigenvalue weighted by Crippen LogP contribution is -2.26. The van der Waals surface area contributed by atoms with Crippen molar-refractivity contribution < 1.29 is 4.74 Å². The Morgan fingerprint density at radius 2 is 2.33 bits per heavy atom. The predicted octanol–water partition coefficient (Wildman–Crippen LogP) is 2.64. The number of nitrogens with one attached hydrogen (secondary N) is 1. The topological polar surface area (TPSA) is 52.0 Å². The smallest absolute Gasteiger partial charge is 0.164 e. The van der Waals surface area contributed by atoms with Crippen LogP contribution in [0.3, 0.4) is 0 Å². The highest BCUT2D eigenvalue weighted by Gasteiger charge is 2.24. The van der Waals surface area contributed by atoms with Crippen LogP contribution >= 0.6 is 11.6 Å². The lowest BCUT2D eigenvalue weighted by Gasteiger charge is -2.28. The number of ether oxygens (including phenoxy) is 1. The molecule has 2 aromatic rings. The van der Waals surface area contributed by atoms with Crippen molar-refractivity contribution in [2.24, 2.45) is 7.05 Å². The Bertz CT molecular complexity index is 641. The predicted molar refractivity (Wildman–Crippen MR) is 81.5 cm³/mol. The highest BCUT2D eigenvalue weighted by atomic mass is 35.5. The molecule has 5 nitrogen and oxygen atoms in total. The van der Waals surface area contributed by atoms with Gasteiger partial charge in [-0.2, -0.15) is 5.10 Å². The number of hydrogen-bond acceptors (Lipinski definition) is 4. The molecular weight excluding hydrogens is 288 g/mol. The van der Waals surface area contributed by atoms with Gasteiger partial charge in [0.15, 0.2) is 5.82 Å². The molecule has 0 spiro atoms. The summed E-state index contributed by atoms with van der Waals surface area (Å²) in [6.45, 7) is 0.637. The molecule has 0 fully saturated rings. The first-order valence-electron chi connectivity index (χ1n) is 7.12. The molecule has 0 bridgehead atoms. The van der Waals surface area contributed by atoms with Crippen molar-refractivity contribution >= 4 is 11.6 Å². The Morgan fingerprint density at radius 1 is 1.48 bits per heavy atom. The van der Waals surface area contributed by atoms with Gasteiger partial charge in [0, 0.05) is 13.1 Å². The maximum atomic E-state index is 6.51. The fourth-order valence-electron chi connectivity index (χ4n) is 2.89. The molecule has 1 N–H and O–H groups in total. The summed E-state index contributed by atoms with van der Waals surface area (Å²) in [4.78, 5) is 4.24. The first-order chi connectivity index (χ1) is 10.2. The molecule has 1 atom stereocenters. The highest BCUT2D eigenvalue weighted by molar-refractivity contribution is 6.33. The minimum atomic E-state index is 0.222. The third-order valence-corrected chi connectivity index (χ3v) is 4.29. The molecule has 0 saturated carbocycles. The number of fused-ring (bicyclic) bond motifs is 1. The number of aromatic nitrogens is 3. The van der Waals surface area contributed by atoms with E-state index in [0.717, 1.165) is 41.4 Å². The van der Waals surface area contributed by atoms with Gasteiger partial charge in [-0.25, -0.2) is 4.98 Å². The minimum absolute atomic E-state index is 0.222. The minimum Gasteiger partial charge on any atom is -0.495 e. The summed E-state index contributed by atoms with van der Waals surface area (Å²) in [5, 5.41) is 8.54. The zero-order chi connectivity index (χ0) is 14.8. The summed E-state index contributed by atoms with van der Waals surface area (Å²) < 4.78 is 7.05. The normalized spacial score (nSPS) is 17.6. The molecule has 1 aromatic heterocycles. The average Bonchev–Trinajstić information content (AvgIpc) is 2.91. The molecule has 0 amide bonds. The van der Waals surface area contributed by atoms with Gasteiger partial charge < -0.3 is 10.1 Å². The van der Waals surface area contributed by atoms with E-state index in [0.29, 0.717) is 6.54 Å². The summed E-state index contributed by atoms with van der Waals surface area (Å²) in [7, 11) is 3.52. The van der Waals surface area contributed by atoms with Crippen molar-refractivity contribution in [2.45, 2.75) is 31.8 Å². The Balaban J connectivity index is 1.82. The first-order valence-corrected chi connectivity index (χ1v) is 7.50. The van der Waals surface area contributed by atoms with E-state index < -0.39 is 0 Å². The second-order valence-electron chi connectivity index (χ2n) is 5.31. The number of nitrogens with zero attached hydrogens (tertiary/aromatic N) is 3. The summed E-state index contributed by atoms with van der Waals surface area (Å²) in [5.41, 5.74) is 2.47. The van der Waals surface area contributed by atoms with Crippen LogP contribution in [0.25, 0.3) is 0 Å². The van der Waals surface area contributed by atoms with E-state index in [2.05, 4.69) is 21.5 Å². The molecule has 1 aliphatic carbocycles.